The van der Waals surface area contributed by atoms with Gasteiger partial charge in [0.2, 0.25) is 0 Å². The van der Waals surface area contributed by atoms with E-state index < -0.39 is 0 Å². The minimum atomic E-state index is 0.452. The molecule has 5 heteroatoms. The molecule has 0 saturated heterocycles. The molecule has 6 aromatic carbocycles. The van der Waals surface area contributed by atoms with E-state index in [0.717, 1.165) is 38.6 Å². The van der Waals surface area contributed by atoms with Crippen molar-refractivity contribution in [3.05, 3.63) is 157 Å². The van der Waals surface area contributed by atoms with Crippen molar-refractivity contribution in [3.63, 3.8) is 0 Å². The number of nitriles is 1. The lowest BCUT2D eigenvalue weighted by molar-refractivity contribution is 1.07. The van der Waals surface area contributed by atoms with Crippen LogP contribution in [0.4, 0.5) is 0 Å². The minimum absolute atomic E-state index is 0.452. The molecule has 2 heterocycles. The molecular formula is C40H25N5. The Balaban J connectivity index is 1.35. The molecule has 0 N–H and O–H groups in total. The molecule has 0 aliphatic heterocycles. The maximum Gasteiger partial charge on any atom is 0.165 e. The fourth-order valence-corrected chi connectivity index (χ4v) is 5.94. The molecule has 5 nitrogen and oxygen atoms in total. The van der Waals surface area contributed by atoms with Gasteiger partial charge in [-0.25, -0.2) is 15.0 Å². The zero-order valence-electron chi connectivity index (χ0n) is 24.2. The molecule has 0 atom stereocenters. The van der Waals surface area contributed by atoms with Crippen LogP contribution in [-0.4, -0.2) is 19.5 Å². The monoisotopic (exact) mass is 575 g/mol. The van der Waals surface area contributed by atoms with E-state index in [1.807, 2.05) is 84.9 Å². The average molecular weight is 576 g/mol. The maximum atomic E-state index is 10.2. The van der Waals surface area contributed by atoms with E-state index in [2.05, 4.69) is 77.4 Å². The number of fused-ring (bicyclic) bond motifs is 3. The highest BCUT2D eigenvalue weighted by atomic mass is 15.0. The fourth-order valence-electron chi connectivity index (χ4n) is 5.94. The molecule has 0 saturated carbocycles. The van der Waals surface area contributed by atoms with Crippen LogP contribution in [0.3, 0.4) is 0 Å². The van der Waals surface area contributed by atoms with E-state index in [1.54, 1.807) is 0 Å². The smallest absolute Gasteiger partial charge is 0.165 e. The van der Waals surface area contributed by atoms with Gasteiger partial charge in [-0.05, 0) is 47.5 Å². The lowest BCUT2D eigenvalue weighted by Crippen LogP contribution is -2.02. The van der Waals surface area contributed by atoms with Crippen molar-refractivity contribution in [2.24, 2.45) is 0 Å². The Morgan fingerprint density at radius 3 is 1.64 bits per heavy atom. The van der Waals surface area contributed by atoms with Gasteiger partial charge < -0.3 is 4.57 Å². The van der Waals surface area contributed by atoms with Gasteiger partial charge in [0.25, 0.3) is 0 Å². The van der Waals surface area contributed by atoms with Crippen molar-refractivity contribution in [2.75, 3.05) is 0 Å². The first-order valence-corrected chi connectivity index (χ1v) is 14.8. The van der Waals surface area contributed by atoms with Gasteiger partial charge in [0.1, 0.15) is 0 Å². The fraction of sp³-hybridized carbons (Fsp3) is 0. The molecule has 210 valence electrons. The van der Waals surface area contributed by atoms with Crippen molar-refractivity contribution in [3.8, 4) is 57.0 Å². The summed E-state index contributed by atoms with van der Waals surface area (Å²) in [5.41, 5.74) is 8.33. The van der Waals surface area contributed by atoms with Crippen LogP contribution in [0.2, 0.25) is 0 Å². The second kappa shape index (κ2) is 11.0. The summed E-state index contributed by atoms with van der Waals surface area (Å²) >= 11 is 0. The third-order valence-corrected chi connectivity index (χ3v) is 8.10. The van der Waals surface area contributed by atoms with Crippen LogP contribution in [0.1, 0.15) is 5.56 Å². The van der Waals surface area contributed by atoms with Crippen LogP contribution in [0, 0.1) is 11.3 Å². The summed E-state index contributed by atoms with van der Waals surface area (Å²) in [6.07, 6.45) is 0. The van der Waals surface area contributed by atoms with Crippen LogP contribution in [0.25, 0.3) is 72.8 Å². The van der Waals surface area contributed by atoms with Gasteiger partial charge in [-0.15, -0.1) is 0 Å². The zero-order valence-corrected chi connectivity index (χ0v) is 24.2. The molecule has 8 rings (SSSR count). The normalized spacial score (nSPS) is 11.1. The number of rotatable bonds is 5. The Bertz CT molecular complexity index is 2310. The molecule has 0 fully saturated rings. The highest BCUT2D eigenvalue weighted by Gasteiger charge is 2.18. The molecule has 2 aromatic heterocycles. The van der Waals surface area contributed by atoms with Crippen LogP contribution < -0.4 is 0 Å². The predicted octanol–water partition coefficient (Wildman–Crippen LogP) is 9.51. The summed E-state index contributed by atoms with van der Waals surface area (Å²) in [7, 11) is 0. The van der Waals surface area contributed by atoms with Gasteiger partial charge in [0.05, 0.1) is 22.7 Å². The Morgan fingerprint density at radius 2 is 1.00 bits per heavy atom. The molecule has 0 bridgehead atoms. The summed E-state index contributed by atoms with van der Waals surface area (Å²) in [5.74, 6) is 1.56. The Kier molecular flexibility index (Phi) is 6.44. The average Bonchev–Trinajstić information content (AvgIpc) is 3.46. The van der Waals surface area contributed by atoms with E-state index in [4.69, 9.17) is 15.0 Å². The van der Waals surface area contributed by atoms with E-state index >= 15 is 0 Å². The summed E-state index contributed by atoms with van der Waals surface area (Å²) in [4.78, 5) is 14.7. The lowest BCUT2D eigenvalue weighted by atomic mass is 10.0. The maximum absolute atomic E-state index is 10.2. The highest BCUT2D eigenvalue weighted by Crippen LogP contribution is 2.36. The first-order valence-electron chi connectivity index (χ1n) is 14.8. The largest absolute Gasteiger partial charge is 0.309 e. The SMILES string of the molecule is N#Cc1ccc(-n2c3ccccc3c3cc(-c4ccccc4)ccc32)cc1-c1nc(-c2ccccc2)nc(-c2ccccc2)n1. The van der Waals surface area contributed by atoms with Crippen molar-refractivity contribution >= 4 is 21.8 Å². The minimum Gasteiger partial charge on any atom is -0.309 e. The number of nitrogens with zero attached hydrogens (tertiary/aromatic N) is 5. The first-order chi connectivity index (χ1) is 22.3. The topological polar surface area (TPSA) is 67.4 Å². The molecule has 0 aliphatic carbocycles. The van der Waals surface area contributed by atoms with Gasteiger partial charge in [-0.1, -0.05) is 115 Å². The second-order valence-corrected chi connectivity index (χ2v) is 10.8. The van der Waals surface area contributed by atoms with Gasteiger partial charge >= 0.3 is 0 Å². The third kappa shape index (κ3) is 4.71. The van der Waals surface area contributed by atoms with Crippen molar-refractivity contribution in [1.29, 1.82) is 5.26 Å². The second-order valence-electron chi connectivity index (χ2n) is 10.8. The van der Waals surface area contributed by atoms with Gasteiger partial charge in [-0.2, -0.15) is 5.26 Å². The van der Waals surface area contributed by atoms with Crippen LogP contribution in [0.15, 0.2) is 152 Å². The predicted molar refractivity (Wildman–Crippen MR) is 181 cm³/mol. The van der Waals surface area contributed by atoms with Gasteiger partial charge in [-0.3, -0.25) is 0 Å². The molecule has 0 radical (unpaired) electrons. The Morgan fingerprint density at radius 1 is 0.444 bits per heavy atom. The summed E-state index contributed by atoms with van der Waals surface area (Å²) in [6, 6.07) is 53.5. The molecule has 0 aliphatic rings. The van der Waals surface area contributed by atoms with Crippen molar-refractivity contribution in [2.45, 2.75) is 0 Å². The number of hydrogen-bond acceptors (Lipinski definition) is 4. The van der Waals surface area contributed by atoms with Crippen LogP contribution in [0.5, 0.6) is 0 Å². The third-order valence-electron chi connectivity index (χ3n) is 8.10. The lowest BCUT2D eigenvalue weighted by Gasteiger charge is -2.13. The number of para-hydroxylation sites is 1. The summed E-state index contributed by atoms with van der Waals surface area (Å²) < 4.78 is 2.25. The summed E-state index contributed by atoms with van der Waals surface area (Å²) in [5, 5.41) is 12.6. The Labute approximate surface area is 260 Å². The van der Waals surface area contributed by atoms with E-state index in [-0.39, 0.29) is 0 Å². The standard InChI is InChI=1S/C40H25N5/c41-26-31-20-22-32(45-36-19-11-10-18-33(36)35-24-30(21-23-37(35)45)27-12-4-1-5-13-27)25-34(31)40-43-38(28-14-6-2-7-15-28)42-39(44-40)29-16-8-3-9-17-29/h1-25H. The van der Waals surface area contributed by atoms with E-state index in [1.165, 1.54) is 11.1 Å². The van der Waals surface area contributed by atoms with Crippen molar-refractivity contribution < 1.29 is 0 Å². The molecule has 8 aromatic rings. The molecular weight excluding hydrogens is 550 g/mol. The van der Waals surface area contributed by atoms with E-state index in [0.29, 0.717) is 28.6 Å². The van der Waals surface area contributed by atoms with Crippen LogP contribution >= 0.6 is 0 Å². The van der Waals surface area contributed by atoms with E-state index in [9.17, 15) is 5.26 Å². The van der Waals surface area contributed by atoms with Gasteiger partial charge in [0, 0.05) is 33.2 Å². The van der Waals surface area contributed by atoms with Crippen LogP contribution in [-0.2, 0) is 0 Å². The Hall–Kier alpha value is -6.38. The molecule has 0 unspecified atom stereocenters. The summed E-state index contributed by atoms with van der Waals surface area (Å²) in [6.45, 7) is 0. The molecule has 0 spiro atoms. The molecule has 0 amide bonds. The number of aromatic nitrogens is 4. The zero-order chi connectivity index (χ0) is 30.2. The quantitative estimate of drug-likeness (QED) is 0.205. The number of hydrogen-bond donors (Lipinski definition) is 0. The van der Waals surface area contributed by atoms with Crippen molar-refractivity contribution in [1.82, 2.24) is 19.5 Å². The van der Waals surface area contributed by atoms with Gasteiger partial charge in [0.15, 0.2) is 17.5 Å². The number of benzene rings is 6. The highest BCUT2D eigenvalue weighted by molar-refractivity contribution is 6.10. The first kappa shape index (κ1) is 26.3. The molecule has 45 heavy (non-hydrogen) atoms.